The van der Waals surface area contributed by atoms with Crippen LogP contribution in [0.15, 0.2) is 53.4 Å². The Labute approximate surface area is 137 Å². The molecule has 8 nitrogen and oxygen atoms in total. The molecular formula is C16H14N4O4. The molecule has 1 aromatic carbocycles. The SMILES string of the molecule is Cc1cc(NC(=O)COC(=O)c2cncn2-c2ccccc2)no1. The van der Waals surface area contributed by atoms with E-state index in [9.17, 15) is 9.59 Å². The number of aromatic nitrogens is 3. The largest absolute Gasteiger partial charge is 0.451 e. The number of carbonyl (C=O) groups is 2. The molecule has 0 bridgehead atoms. The molecule has 3 rings (SSSR count). The van der Waals surface area contributed by atoms with E-state index in [2.05, 4.69) is 15.5 Å². The third kappa shape index (κ3) is 3.49. The second-order valence-electron chi connectivity index (χ2n) is 4.93. The lowest BCUT2D eigenvalue weighted by Crippen LogP contribution is -2.22. The highest BCUT2D eigenvalue weighted by Crippen LogP contribution is 2.12. The molecule has 2 heterocycles. The fourth-order valence-corrected chi connectivity index (χ4v) is 2.05. The van der Waals surface area contributed by atoms with E-state index in [4.69, 9.17) is 9.26 Å². The molecule has 0 unspecified atom stereocenters. The van der Waals surface area contributed by atoms with Crippen LogP contribution in [0.3, 0.4) is 0 Å². The summed E-state index contributed by atoms with van der Waals surface area (Å²) < 4.78 is 11.4. The zero-order valence-corrected chi connectivity index (χ0v) is 12.8. The van der Waals surface area contributed by atoms with Gasteiger partial charge in [0.1, 0.15) is 5.76 Å². The van der Waals surface area contributed by atoms with Gasteiger partial charge in [-0.05, 0) is 19.1 Å². The van der Waals surface area contributed by atoms with Gasteiger partial charge in [0.2, 0.25) is 0 Å². The van der Waals surface area contributed by atoms with Crippen LogP contribution in [0.4, 0.5) is 5.82 Å². The van der Waals surface area contributed by atoms with Crippen molar-refractivity contribution in [3.63, 3.8) is 0 Å². The molecule has 0 aliphatic heterocycles. The highest BCUT2D eigenvalue weighted by atomic mass is 16.5. The van der Waals surface area contributed by atoms with Crippen LogP contribution in [-0.2, 0) is 9.53 Å². The van der Waals surface area contributed by atoms with Crippen LogP contribution >= 0.6 is 0 Å². The van der Waals surface area contributed by atoms with E-state index >= 15 is 0 Å². The molecule has 3 aromatic rings. The normalized spacial score (nSPS) is 10.4. The van der Waals surface area contributed by atoms with Gasteiger partial charge in [-0.25, -0.2) is 9.78 Å². The fraction of sp³-hybridized carbons (Fsp3) is 0.125. The van der Waals surface area contributed by atoms with Crippen LogP contribution < -0.4 is 5.32 Å². The number of carbonyl (C=O) groups excluding carboxylic acids is 2. The maximum Gasteiger partial charge on any atom is 0.357 e. The predicted octanol–water partition coefficient (Wildman–Crippen LogP) is 1.96. The van der Waals surface area contributed by atoms with E-state index in [1.807, 2.05) is 30.3 Å². The summed E-state index contributed by atoms with van der Waals surface area (Å²) in [5.74, 6) is -0.331. The number of nitrogens with zero attached hydrogens (tertiary/aromatic N) is 3. The molecule has 24 heavy (non-hydrogen) atoms. The van der Waals surface area contributed by atoms with Crippen LogP contribution in [0.2, 0.25) is 0 Å². The van der Waals surface area contributed by atoms with Crippen LogP contribution in [0.5, 0.6) is 0 Å². The molecule has 0 radical (unpaired) electrons. The lowest BCUT2D eigenvalue weighted by molar-refractivity contribution is -0.119. The summed E-state index contributed by atoms with van der Waals surface area (Å²) in [5, 5.41) is 6.09. The van der Waals surface area contributed by atoms with Crippen molar-refractivity contribution >= 4 is 17.7 Å². The fourth-order valence-electron chi connectivity index (χ4n) is 2.05. The maximum absolute atomic E-state index is 12.2. The van der Waals surface area contributed by atoms with Crippen molar-refractivity contribution in [2.45, 2.75) is 6.92 Å². The van der Waals surface area contributed by atoms with E-state index in [1.165, 1.54) is 12.5 Å². The third-order valence-corrected chi connectivity index (χ3v) is 3.11. The molecule has 0 spiro atoms. The van der Waals surface area contributed by atoms with Crippen molar-refractivity contribution in [2.75, 3.05) is 11.9 Å². The second kappa shape index (κ2) is 6.78. The predicted molar refractivity (Wildman–Crippen MR) is 83.7 cm³/mol. The van der Waals surface area contributed by atoms with Gasteiger partial charge in [-0.1, -0.05) is 23.4 Å². The summed E-state index contributed by atoms with van der Waals surface area (Å²) in [6.07, 6.45) is 2.89. The Morgan fingerprint density at radius 1 is 1.29 bits per heavy atom. The average molecular weight is 326 g/mol. The first-order valence-electron chi connectivity index (χ1n) is 7.11. The van der Waals surface area contributed by atoms with Gasteiger partial charge in [-0.3, -0.25) is 9.36 Å². The van der Waals surface area contributed by atoms with Crippen LogP contribution in [0.1, 0.15) is 16.2 Å². The van der Waals surface area contributed by atoms with Crippen molar-refractivity contribution in [3.05, 3.63) is 60.4 Å². The van der Waals surface area contributed by atoms with E-state index in [1.54, 1.807) is 17.6 Å². The first-order chi connectivity index (χ1) is 11.6. The van der Waals surface area contributed by atoms with Gasteiger partial charge in [0.15, 0.2) is 18.1 Å². The standard InChI is InChI=1S/C16H14N4O4/c1-11-7-14(19-24-11)18-15(21)9-23-16(22)13-8-17-10-20(13)12-5-3-2-4-6-12/h2-8,10H,9H2,1H3,(H,18,19,21). The van der Waals surface area contributed by atoms with Crippen LogP contribution in [-0.4, -0.2) is 33.2 Å². The Kier molecular flexibility index (Phi) is 4.37. The Morgan fingerprint density at radius 2 is 2.08 bits per heavy atom. The number of anilines is 1. The molecule has 1 amide bonds. The van der Waals surface area contributed by atoms with Gasteiger partial charge >= 0.3 is 5.97 Å². The Hall–Kier alpha value is -3.42. The monoisotopic (exact) mass is 326 g/mol. The summed E-state index contributed by atoms with van der Waals surface area (Å²) in [6, 6.07) is 10.8. The van der Waals surface area contributed by atoms with Gasteiger partial charge < -0.3 is 14.6 Å². The number of rotatable bonds is 5. The topological polar surface area (TPSA) is 99.2 Å². The summed E-state index contributed by atoms with van der Waals surface area (Å²) in [5.41, 5.74) is 0.996. The zero-order chi connectivity index (χ0) is 16.9. The molecule has 0 aliphatic carbocycles. The van der Waals surface area contributed by atoms with Crippen molar-refractivity contribution in [1.29, 1.82) is 0 Å². The number of amides is 1. The lowest BCUT2D eigenvalue weighted by atomic mass is 10.3. The van der Waals surface area contributed by atoms with Gasteiger partial charge in [0.25, 0.3) is 5.91 Å². The van der Waals surface area contributed by atoms with E-state index in [0.29, 0.717) is 5.76 Å². The van der Waals surface area contributed by atoms with E-state index in [-0.39, 0.29) is 11.5 Å². The number of nitrogens with one attached hydrogen (secondary N) is 1. The summed E-state index contributed by atoms with van der Waals surface area (Å²) >= 11 is 0. The number of ether oxygens (including phenoxy) is 1. The minimum Gasteiger partial charge on any atom is -0.451 e. The van der Waals surface area contributed by atoms with Crippen LogP contribution in [0.25, 0.3) is 5.69 Å². The maximum atomic E-state index is 12.2. The smallest absolute Gasteiger partial charge is 0.357 e. The number of aryl methyl sites for hydroxylation is 1. The molecule has 122 valence electrons. The number of para-hydroxylation sites is 1. The molecule has 1 N–H and O–H groups in total. The zero-order valence-electron chi connectivity index (χ0n) is 12.8. The first kappa shape index (κ1) is 15.5. The average Bonchev–Trinajstić information content (AvgIpc) is 3.22. The second-order valence-corrected chi connectivity index (χ2v) is 4.93. The first-order valence-corrected chi connectivity index (χ1v) is 7.11. The molecular weight excluding hydrogens is 312 g/mol. The molecule has 0 aliphatic rings. The minimum absolute atomic E-state index is 0.228. The Morgan fingerprint density at radius 3 is 2.79 bits per heavy atom. The summed E-state index contributed by atoms with van der Waals surface area (Å²) in [6.45, 7) is 1.26. The molecule has 2 aromatic heterocycles. The molecule has 0 saturated carbocycles. The lowest BCUT2D eigenvalue weighted by Gasteiger charge is -2.08. The number of imidazole rings is 1. The minimum atomic E-state index is -0.650. The van der Waals surface area contributed by atoms with Crippen molar-refractivity contribution in [1.82, 2.24) is 14.7 Å². The van der Waals surface area contributed by atoms with Gasteiger partial charge in [0.05, 0.1) is 12.5 Å². The Bertz CT molecular complexity index is 854. The number of esters is 1. The quantitative estimate of drug-likeness (QED) is 0.720. The number of benzene rings is 1. The highest BCUT2D eigenvalue weighted by molar-refractivity contribution is 5.94. The van der Waals surface area contributed by atoms with Crippen molar-refractivity contribution in [2.24, 2.45) is 0 Å². The van der Waals surface area contributed by atoms with Crippen LogP contribution in [0, 0.1) is 6.92 Å². The summed E-state index contributed by atoms with van der Waals surface area (Å²) in [7, 11) is 0. The van der Waals surface area contributed by atoms with E-state index < -0.39 is 18.5 Å². The van der Waals surface area contributed by atoms with Gasteiger partial charge in [-0.2, -0.15) is 0 Å². The van der Waals surface area contributed by atoms with Gasteiger partial charge in [0, 0.05) is 11.8 Å². The number of hydrogen-bond donors (Lipinski definition) is 1. The third-order valence-electron chi connectivity index (χ3n) is 3.11. The molecule has 0 atom stereocenters. The van der Waals surface area contributed by atoms with Gasteiger partial charge in [-0.15, -0.1) is 0 Å². The van der Waals surface area contributed by atoms with Crippen molar-refractivity contribution in [3.8, 4) is 5.69 Å². The Balaban J connectivity index is 1.62. The summed E-state index contributed by atoms with van der Waals surface area (Å²) in [4.78, 5) is 27.9. The molecule has 8 heteroatoms. The van der Waals surface area contributed by atoms with E-state index in [0.717, 1.165) is 5.69 Å². The van der Waals surface area contributed by atoms with Crippen molar-refractivity contribution < 1.29 is 18.8 Å². The highest BCUT2D eigenvalue weighted by Gasteiger charge is 2.16. The molecule has 0 saturated heterocycles. The number of hydrogen-bond acceptors (Lipinski definition) is 6. The molecule has 0 fully saturated rings.